The Balaban J connectivity index is 2.28. The van der Waals surface area contributed by atoms with Gasteiger partial charge in [0.25, 0.3) is 0 Å². The maximum absolute atomic E-state index is 5.96. The third-order valence-corrected chi connectivity index (χ3v) is 3.37. The van der Waals surface area contributed by atoms with Crippen molar-refractivity contribution in [3.05, 3.63) is 52.7 Å². The van der Waals surface area contributed by atoms with Crippen LogP contribution in [0, 0.1) is 6.92 Å². The summed E-state index contributed by atoms with van der Waals surface area (Å²) in [6, 6.07) is 9.41. The predicted molar refractivity (Wildman–Crippen MR) is 73.1 cm³/mol. The second kappa shape index (κ2) is 5.52. The summed E-state index contributed by atoms with van der Waals surface area (Å²) in [5.41, 5.74) is 2.00. The normalized spacial score (nSPS) is 10.3. The molecule has 0 unspecified atom stereocenters. The van der Waals surface area contributed by atoms with Gasteiger partial charge in [-0.25, -0.2) is 4.98 Å². The van der Waals surface area contributed by atoms with Crippen LogP contribution in [-0.2, 0) is 5.33 Å². The highest BCUT2D eigenvalue weighted by molar-refractivity contribution is 9.08. The lowest BCUT2D eigenvalue weighted by molar-refractivity contribution is 0.458. The van der Waals surface area contributed by atoms with Gasteiger partial charge >= 0.3 is 0 Å². The van der Waals surface area contributed by atoms with Gasteiger partial charge in [0.05, 0.1) is 0 Å². The molecule has 1 heterocycles. The second-order valence-corrected chi connectivity index (χ2v) is 4.58. The van der Waals surface area contributed by atoms with Gasteiger partial charge in [-0.2, -0.15) is 0 Å². The van der Waals surface area contributed by atoms with Crippen LogP contribution >= 0.6 is 27.5 Å². The van der Waals surface area contributed by atoms with Crippen molar-refractivity contribution < 1.29 is 4.74 Å². The van der Waals surface area contributed by atoms with Crippen LogP contribution in [0.5, 0.6) is 11.6 Å². The van der Waals surface area contributed by atoms with Crippen LogP contribution < -0.4 is 4.74 Å². The summed E-state index contributed by atoms with van der Waals surface area (Å²) >= 11 is 9.37. The fourth-order valence-electron chi connectivity index (χ4n) is 1.41. The van der Waals surface area contributed by atoms with E-state index in [2.05, 4.69) is 20.9 Å². The van der Waals surface area contributed by atoms with Gasteiger partial charge in [-0.3, -0.25) is 0 Å². The van der Waals surface area contributed by atoms with Gasteiger partial charge in [-0.15, -0.1) is 0 Å². The van der Waals surface area contributed by atoms with Crippen LogP contribution in [0.15, 0.2) is 36.5 Å². The SMILES string of the molecule is Cc1cc(Oc2ncccc2CBr)ccc1Cl. The molecule has 0 radical (unpaired) electrons. The van der Waals surface area contributed by atoms with Crippen LogP contribution in [0.25, 0.3) is 0 Å². The highest BCUT2D eigenvalue weighted by Gasteiger charge is 2.05. The molecule has 0 spiro atoms. The molecule has 2 nitrogen and oxygen atoms in total. The molecule has 0 aliphatic heterocycles. The number of rotatable bonds is 3. The molecule has 0 aliphatic rings. The van der Waals surface area contributed by atoms with E-state index in [1.807, 2.05) is 37.3 Å². The number of nitrogens with zero attached hydrogens (tertiary/aromatic N) is 1. The Morgan fingerprint density at radius 1 is 1.35 bits per heavy atom. The van der Waals surface area contributed by atoms with Crippen molar-refractivity contribution in [1.82, 2.24) is 4.98 Å². The molecule has 1 aromatic heterocycles. The van der Waals surface area contributed by atoms with Gasteiger partial charge in [0.15, 0.2) is 0 Å². The summed E-state index contributed by atoms with van der Waals surface area (Å²) in [5, 5.41) is 1.45. The van der Waals surface area contributed by atoms with Gasteiger partial charge < -0.3 is 4.74 Å². The van der Waals surface area contributed by atoms with Crippen LogP contribution in [0.3, 0.4) is 0 Å². The lowest BCUT2D eigenvalue weighted by Gasteiger charge is -2.09. The fourth-order valence-corrected chi connectivity index (χ4v) is 1.95. The average molecular weight is 313 g/mol. The zero-order valence-electron chi connectivity index (χ0n) is 9.28. The quantitative estimate of drug-likeness (QED) is 0.764. The minimum atomic E-state index is 0.617. The second-order valence-electron chi connectivity index (χ2n) is 3.61. The largest absolute Gasteiger partial charge is 0.439 e. The van der Waals surface area contributed by atoms with Gasteiger partial charge in [-0.05, 0) is 36.8 Å². The molecule has 2 rings (SSSR count). The maximum Gasteiger partial charge on any atom is 0.223 e. The maximum atomic E-state index is 5.96. The molecule has 2 aromatic rings. The van der Waals surface area contributed by atoms with Crippen LogP contribution in [0.1, 0.15) is 11.1 Å². The van der Waals surface area contributed by atoms with Gasteiger partial charge in [0.1, 0.15) is 5.75 Å². The number of pyridine rings is 1. The van der Waals surface area contributed by atoms with E-state index in [1.54, 1.807) is 6.20 Å². The number of aryl methyl sites for hydroxylation is 1. The molecule has 0 saturated carbocycles. The Hall–Kier alpha value is -1.06. The van der Waals surface area contributed by atoms with E-state index in [0.717, 1.165) is 21.9 Å². The summed E-state index contributed by atoms with van der Waals surface area (Å²) in [4.78, 5) is 4.21. The van der Waals surface area contributed by atoms with Crippen molar-refractivity contribution in [2.45, 2.75) is 12.3 Å². The van der Waals surface area contributed by atoms with Crippen molar-refractivity contribution in [2.24, 2.45) is 0 Å². The zero-order chi connectivity index (χ0) is 12.3. The van der Waals surface area contributed by atoms with E-state index < -0.39 is 0 Å². The van der Waals surface area contributed by atoms with Gasteiger partial charge in [-0.1, -0.05) is 33.6 Å². The zero-order valence-corrected chi connectivity index (χ0v) is 11.6. The molecule has 0 atom stereocenters. The molecular formula is C13H11BrClNO. The highest BCUT2D eigenvalue weighted by Crippen LogP contribution is 2.27. The van der Waals surface area contributed by atoms with E-state index in [1.165, 1.54) is 0 Å². The number of halogens is 2. The van der Waals surface area contributed by atoms with E-state index in [4.69, 9.17) is 16.3 Å². The molecule has 0 N–H and O–H groups in total. The van der Waals surface area contributed by atoms with Gasteiger partial charge in [0.2, 0.25) is 5.88 Å². The van der Waals surface area contributed by atoms with Gasteiger partial charge in [0, 0.05) is 22.1 Å². The number of aromatic nitrogens is 1. The van der Waals surface area contributed by atoms with Crippen molar-refractivity contribution >= 4 is 27.5 Å². The average Bonchev–Trinajstić information content (AvgIpc) is 2.34. The standard InChI is InChI=1S/C13H11BrClNO/c1-9-7-11(4-5-12(9)15)17-13-10(8-14)3-2-6-16-13/h2-7H,8H2,1H3. The molecule has 0 amide bonds. The van der Waals surface area contributed by atoms with E-state index in [-0.39, 0.29) is 0 Å². The van der Waals surface area contributed by atoms with E-state index in [0.29, 0.717) is 11.2 Å². The molecule has 1 aromatic carbocycles. The number of hydrogen-bond donors (Lipinski definition) is 0. The third kappa shape index (κ3) is 2.99. The molecular weight excluding hydrogens is 302 g/mol. The molecule has 17 heavy (non-hydrogen) atoms. The van der Waals surface area contributed by atoms with Crippen molar-refractivity contribution in [2.75, 3.05) is 0 Å². The lowest BCUT2D eigenvalue weighted by atomic mass is 10.2. The first kappa shape index (κ1) is 12.4. The first-order chi connectivity index (χ1) is 8.20. The van der Waals surface area contributed by atoms with Crippen LogP contribution in [0.4, 0.5) is 0 Å². The molecule has 4 heteroatoms. The molecule has 0 aliphatic carbocycles. The number of benzene rings is 1. The topological polar surface area (TPSA) is 22.1 Å². The predicted octanol–water partition coefficient (Wildman–Crippen LogP) is 4.73. The number of ether oxygens (including phenoxy) is 1. The van der Waals surface area contributed by atoms with Crippen LogP contribution in [-0.4, -0.2) is 4.98 Å². The highest BCUT2D eigenvalue weighted by atomic mass is 79.9. The monoisotopic (exact) mass is 311 g/mol. The Morgan fingerprint density at radius 3 is 2.88 bits per heavy atom. The fraction of sp³-hybridized carbons (Fsp3) is 0.154. The summed E-state index contributed by atoms with van der Waals surface area (Å²) in [5.74, 6) is 1.36. The summed E-state index contributed by atoms with van der Waals surface area (Å²) in [6.07, 6.45) is 1.71. The third-order valence-electron chi connectivity index (χ3n) is 2.34. The van der Waals surface area contributed by atoms with Crippen molar-refractivity contribution in [3.63, 3.8) is 0 Å². The molecule has 0 saturated heterocycles. The summed E-state index contributed by atoms with van der Waals surface area (Å²) in [7, 11) is 0. The van der Waals surface area contributed by atoms with Crippen molar-refractivity contribution in [1.29, 1.82) is 0 Å². The van der Waals surface area contributed by atoms with E-state index in [9.17, 15) is 0 Å². The lowest BCUT2D eigenvalue weighted by Crippen LogP contribution is -1.92. The summed E-state index contributed by atoms with van der Waals surface area (Å²) < 4.78 is 5.74. The summed E-state index contributed by atoms with van der Waals surface area (Å²) in [6.45, 7) is 1.94. The number of hydrogen-bond acceptors (Lipinski definition) is 2. The molecule has 0 fully saturated rings. The Bertz CT molecular complexity index is 531. The van der Waals surface area contributed by atoms with Crippen LogP contribution in [0.2, 0.25) is 5.02 Å². The molecule has 0 bridgehead atoms. The Kier molecular flexibility index (Phi) is 4.02. The Labute approximate surface area is 114 Å². The smallest absolute Gasteiger partial charge is 0.223 e. The van der Waals surface area contributed by atoms with Crippen molar-refractivity contribution in [3.8, 4) is 11.6 Å². The first-order valence-corrected chi connectivity index (χ1v) is 6.64. The van der Waals surface area contributed by atoms with E-state index >= 15 is 0 Å². The first-order valence-electron chi connectivity index (χ1n) is 5.14. The Morgan fingerprint density at radius 2 is 2.18 bits per heavy atom. The molecule has 88 valence electrons. The minimum absolute atomic E-state index is 0.617. The minimum Gasteiger partial charge on any atom is -0.439 e. The number of alkyl halides is 1.